The first-order valence-electron chi connectivity index (χ1n) is 5.03. The van der Waals surface area contributed by atoms with Crippen LogP contribution >= 0.6 is 0 Å². The highest BCUT2D eigenvalue weighted by Crippen LogP contribution is 1.89. The van der Waals surface area contributed by atoms with Crippen molar-refractivity contribution in [1.82, 2.24) is 0 Å². The summed E-state index contributed by atoms with van der Waals surface area (Å²) in [6, 6.07) is 0. The minimum atomic E-state index is -1.15. The minimum absolute atomic E-state index is 0.347. The number of unbranched alkanes of at least 4 members (excludes halogenated alkanes) is 1. The van der Waals surface area contributed by atoms with Crippen LogP contribution in [0.2, 0.25) is 0 Å². The lowest BCUT2D eigenvalue weighted by molar-refractivity contribution is -0.138. The molecule has 0 saturated heterocycles. The number of carboxylic acids is 1. The Kier molecular flexibility index (Phi) is 14.3. The Morgan fingerprint density at radius 1 is 1.24 bits per heavy atom. The molecular formula is C12H18O5. The fourth-order valence-electron chi connectivity index (χ4n) is 0.573. The van der Waals surface area contributed by atoms with Crippen molar-refractivity contribution in [1.29, 1.82) is 0 Å². The molecule has 0 radical (unpaired) electrons. The predicted octanol–water partition coefficient (Wildman–Crippen LogP) is 2.26. The van der Waals surface area contributed by atoms with Gasteiger partial charge in [0, 0.05) is 12.2 Å². The molecule has 0 aromatic heterocycles. The minimum Gasteiger partial charge on any atom is -0.478 e. The van der Waals surface area contributed by atoms with Gasteiger partial charge in [-0.1, -0.05) is 26.5 Å². The second-order valence-electron chi connectivity index (χ2n) is 2.66. The van der Waals surface area contributed by atoms with Gasteiger partial charge < -0.3 is 14.6 Å². The molecule has 0 aromatic rings. The van der Waals surface area contributed by atoms with Gasteiger partial charge in [-0.3, -0.25) is 0 Å². The van der Waals surface area contributed by atoms with Crippen molar-refractivity contribution >= 4 is 11.9 Å². The van der Waals surface area contributed by atoms with Gasteiger partial charge in [0.15, 0.2) is 0 Å². The maximum Gasteiger partial charge on any atom is 0.331 e. The Hall–Kier alpha value is -2.04. The van der Waals surface area contributed by atoms with Crippen LogP contribution in [0.3, 0.4) is 0 Å². The molecule has 0 bridgehead atoms. The fourth-order valence-corrected chi connectivity index (χ4v) is 0.573. The van der Waals surface area contributed by atoms with Crippen LogP contribution in [0.25, 0.3) is 0 Å². The van der Waals surface area contributed by atoms with Crippen LogP contribution in [0.1, 0.15) is 19.8 Å². The summed E-state index contributed by atoms with van der Waals surface area (Å²) in [6.07, 6.45) is 6.02. The maximum atomic E-state index is 10.6. The van der Waals surface area contributed by atoms with Crippen molar-refractivity contribution in [3.63, 3.8) is 0 Å². The van der Waals surface area contributed by atoms with Gasteiger partial charge in [-0.05, 0) is 6.42 Å². The van der Waals surface area contributed by atoms with E-state index in [0.29, 0.717) is 6.61 Å². The lowest BCUT2D eigenvalue weighted by atomic mass is 10.4. The van der Waals surface area contributed by atoms with Crippen molar-refractivity contribution in [3.05, 3.63) is 37.8 Å². The summed E-state index contributed by atoms with van der Waals surface area (Å²) in [5, 5.41) is 8.14. The molecule has 0 unspecified atom stereocenters. The quantitative estimate of drug-likeness (QED) is 0.321. The molecule has 5 nitrogen and oxygen atoms in total. The van der Waals surface area contributed by atoms with Gasteiger partial charge in [0.05, 0.1) is 19.1 Å². The molecule has 0 rings (SSSR count). The molecule has 0 aliphatic rings. The topological polar surface area (TPSA) is 72.8 Å². The molecule has 0 aliphatic carbocycles. The summed E-state index contributed by atoms with van der Waals surface area (Å²) < 4.78 is 9.00. The lowest BCUT2D eigenvalue weighted by Gasteiger charge is -1.97. The van der Waals surface area contributed by atoms with Crippen LogP contribution in [-0.2, 0) is 19.1 Å². The van der Waals surface area contributed by atoms with E-state index in [1.807, 2.05) is 6.92 Å². The number of carbonyl (C=O) groups excluding carboxylic acids is 1. The Morgan fingerprint density at radius 2 is 1.82 bits per heavy atom. The average molecular weight is 242 g/mol. The van der Waals surface area contributed by atoms with E-state index in [2.05, 4.69) is 22.6 Å². The molecule has 17 heavy (non-hydrogen) atoms. The van der Waals surface area contributed by atoms with Gasteiger partial charge in [0.25, 0.3) is 0 Å². The lowest BCUT2D eigenvalue weighted by Crippen LogP contribution is -2.02. The summed E-state index contributed by atoms with van der Waals surface area (Å²) in [7, 11) is 0. The van der Waals surface area contributed by atoms with Crippen molar-refractivity contribution in [3.8, 4) is 0 Å². The Balaban J connectivity index is 0. The molecule has 0 aliphatic heterocycles. The van der Waals surface area contributed by atoms with E-state index in [4.69, 9.17) is 5.11 Å². The normalized spacial score (nSPS) is 8.76. The van der Waals surface area contributed by atoms with E-state index in [9.17, 15) is 9.59 Å². The molecule has 5 heteroatoms. The second kappa shape index (κ2) is 14.0. The standard InChI is InChI=1S/C8H12O4.C4H6O/c1-2-3-6-12-8(11)5-4-7(9)10;1-3-5-4-2/h4-5H,2-3,6H2,1H3,(H,9,10);3-4H,1-2H2/b5-4-;. The SMILES string of the molecule is C=COC=C.CCCCOC(=O)/C=C\C(=O)O. The zero-order valence-corrected chi connectivity index (χ0v) is 9.93. The smallest absolute Gasteiger partial charge is 0.331 e. The highest BCUT2D eigenvalue weighted by molar-refractivity contribution is 5.90. The first-order valence-corrected chi connectivity index (χ1v) is 5.03. The van der Waals surface area contributed by atoms with E-state index in [1.165, 1.54) is 12.5 Å². The number of carboxylic acid groups (broad SMARTS) is 1. The summed E-state index contributed by atoms with van der Waals surface area (Å²) >= 11 is 0. The summed E-state index contributed by atoms with van der Waals surface area (Å²) in [6.45, 7) is 8.83. The third kappa shape index (κ3) is 20.1. The van der Waals surface area contributed by atoms with Gasteiger partial charge in [-0.25, -0.2) is 9.59 Å². The molecule has 0 fully saturated rings. The van der Waals surface area contributed by atoms with Gasteiger partial charge in [-0.15, -0.1) is 0 Å². The van der Waals surface area contributed by atoms with Crippen LogP contribution in [-0.4, -0.2) is 23.7 Å². The average Bonchev–Trinajstić information content (AvgIpc) is 2.29. The number of aliphatic carboxylic acids is 1. The number of rotatable bonds is 7. The Morgan fingerprint density at radius 3 is 2.18 bits per heavy atom. The van der Waals surface area contributed by atoms with E-state index in [-0.39, 0.29) is 0 Å². The highest BCUT2D eigenvalue weighted by Gasteiger charge is 1.96. The second-order valence-corrected chi connectivity index (χ2v) is 2.66. The largest absolute Gasteiger partial charge is 0.478 e. The number of ether oxygens (including phenoxy) is 2. The highest BCUT2D eigenvalue weighted by atomic mass is 16.5. The number of hydrogen-bond acceptors (Lipinski definition) is 4. The first-order chi connectivity index (χ1) is 8.08. The van der Waals surface area contributed by atoms with Crippen LogP contribution < -0.4 is 0 Å². The van der Waals surface area contributed by atoms with E-state index in [0.717, 1.165) is 25.0 Å². The van der Waals surface area contributed by atoms with Crippen LogP contribution in [0, 0.1) is 0 Å². The molecule has 0 heterocycles. The molecule has 0 aromatic carbocycles. The van der Waals surface area contributed by atoms with Crippen LogP contribution in [0.4, 0.5) is 0 Å². The zero-order chi connectivity index (χ0) is 13.5. The van der Waals surface area contributed by atoms with Gasteiger partial charge in [-0.2, -0.15) is 0 Å². The Bertz CT molecular complexity index is 262. The molecule has 0 spiro atoms. The maximum absolute atomic E-state index is 10.6. The summed E-state index contributed by atoms with van der Waals surface area (Å²) in [4.78, 5) is 20.6. The molecule has 0 atom stereocenters. The molecule has 96 valence electrons. The van der Waals surface area contributed by atoms with Gasteiger partial charge in [0.2, 0.25) is 0 Å². The molecular weight excluding hydrogens is 224 g/mol. The van der Waals surface area contributed by atoms with Crippen molar-refractivity contribution < 1.29 is 24.2 Å². The monoisotopic (exact) mass is 242 g/mol. The van der Waals surface area contributed by atoms with Gasteiger partial charge >= 0.3 is 11.9 Å². The number of hydrogen-bond donors (Lipinski definition) is 1. The summed E-state index contributed by atoms with van der Waals surface area (Å²) in [5.74, 6) is -1.76. The third-order valence-electron chi connectivity index (χ3n) is 1.30. The van der Waals surface area contributed by atoms with E-state index >= 15 is 0 Å². The van der Waals surface area contributed by atoms with Crippen molar-refractivity contribution in [2.45, 2.75) is 19.8 Å². The van der Waals surface area contributed by atoms with Crippen molar-refractivity contribution in [2.24, 2.45) is 0 Å². The van der Waals surface area contributed by atoms with Gasteiger partial charge in [0.1, 0.15) is 0 Å². The zero-order valence-electron chi connectivity index (χ0n) is 9.93. The molecule has 0 saturated carbocycles. The first kappa shape index (κ1) is 17.4. The molecule has 1 N–H and O–H groups in total. The van der Waals surface area contributed by atoms with E-state index in [1.54, 1.807) is 0 Å². The number of esters is 1. The summed E-state index contributed by atoms with van der Waals surface area (Å²) in [5.41, 5.74) is 0. The van der Waals surface area contributed by atoms with E-state index < -0.39 is 11.9 Å². The fraction of sp³-hybridized carbons (Fsp3) is 0.333. The van der Waals surface area contributed by atoms with Crippen molar-refractivity contribution in [2.75, 3.05) is 6.61 Å². The molecule has 0 amide bonds. The van der Waals surface area contributed by atoms with Crippen LogP contribution in [0.5, 0.6) is 0 Å². The van der Waals surface area contributed by atoms with Crippen LogP contribution in [0.15, 0.2) is 37.8 Å². The predicted molar refractivity (Wildman–Crippen MR) is 64.1 cm³/mol. The Labute approximate surface area is 101 Å². The third-order valence-corrected chi connectivity index (χ3v) is 1.30. The number of carbonyl (C=O) groups is 2.